The SMILES string of the molecule is CC[C@]1(CO)COc2cc(OC)ccc2C1=O. The fraction of sp³-hybridized carbons (Fsp3) is 0.462. The van der Waals surface area contributed by atoms with E-state index in [9.17, 15) is 9.90 Å². The molecular formula is C13H16O4. The van der Waals surface area contributed by atoms with Crippen molar-refractivity contribution >= 4 is 5.78 Å². The Morgan fingerprint density at radius 3 is 2.88 bits per heavy atom. The number of rotatable bonds is 3. The van der Waals surface area contributed by atoms with E-state index in [-0.39, 0.29) is 19.0 Å². The minimum absolute atomic E-state index is 0.0496. The third kappa shape index (κ3) is 1.78. The van der Waals surface area contributed by atoms with E-state index in [4.69, 9.17) is 9.47 Å². The molecule has 2 rings (SSSR count). The zero-order valence-corrected chi connectivity index (χ0v) is 10.0. The summed E-state index contributed by atoms with van der Waals surface area (Å²) in [4.78, 5) is 12.3. The predicted octanol–water partition coefficient (Wildman–Crippen LogP) is 1.66. The first-order valence-electron chi connectivity index (χ1n) is 5.63. The van der Waals surface area contributed by atoms with Gasteiger partial charge in [0.15, 0.2) is 5.78 Å². The molecule has 0 saturated carbocycles. The van der Waals surface area contributed by atoms with E-state index in [1.165, 1.54) is 0 Å². The molecule has 0 unspecified atom stereocenters. The average molecular weight is 236 g/mol. The second kappa shape index (κ2) is 4.37. The van der Waals surface area contributed by atoms with Crippen molar-refractivity contribution in [1.29, 1.82) is 0 Å². The number of Topliss-reactive ketones (excluding diaryl/α,β-unsaturated/α-hetero) is 1. The lowest BCUT2D eigenvalue weighted by Gasteiger charge is -2.34. The lowest BCUT2D eigenvalue weighted by atomic mass is 9.77. The number of carbonyl (C=O) groups is 1. The molecule has 1 atom stereocenters. The van der Waals surface area contributed by atoms with Gasteiger partial charge in [0.25, 0.3) is 0 Å². The highest BCUT2D eigenvalue weighted by Gasteiger charge is 2.42. The first kappa shape index (κ1) is 11.9. The van der Waals surface area contributed by atoms with Gasteiger partial charge < -0.3 is 14.6 Å². The summed E-state index contributed by atoms with van der Waals surface area (Å²) in [6.45, 7) is 1.92. The Labute approximate surface area is 100 Å². The Hall–Kier alpha value is -1.55. The van der Waals surface area contributed by atoms with Gasteiger partial charge in [0.05, 0.1) is 24.7 Å². The molecule has 92 valence electrons. The molecule has 1 heterocycles. The summed E-state index contributed by atoms with van der Waals surface area (Å²) >= 11 is 0. The number of ether oxygens (including phenoxy) is 2. The Bertz CT molecular complexity index is 435. The molecule has 0 amide bonds. The molecule has 1 N–H and O–H groups in total. The fourth-order valence-corrected chi connectivity index (χ4v) is 2.00. The maximum absolute atomic E-state index is 12.3. The minimum atomic E-state index is -0.790. The lowest BCUT2D eigenvalue weighted by molar-refractivity contribution is 0.0366. The van der Waals surface area contributed by atoms with Gasteiger partial charge >= 0.3 is 0 Å². The van der Waals surface area contributed by atoms with Gasteiger partial charge in [-0.3, -0.25) is 4.79 Å². The number of hydrogen-bond donors (Lipinski definition) is 1. The number of carbonyl (C=O) groups excluding carboxylic acids is 1. The van der Waals surface area contributed by atoms with Gasteiger partial charge in [0, 0.05) is 6.07 Å². The van der Waals surface area contributed by atoms with E-state index >= 15 is 0 Å². The van der Waals surface area contributed by atoms with Gasteiger partial charge in [0.2, 0.25) is 0 Å². The molecular weight excluding hydrogens is 220 g/mol. The monoisotopic (exact) mass is 236 g/mol. The summed E-state index contributed by atoms with van der Waals surface area (Å²) in [6, 6.07) is 5.11. The van der Waals surface area contributed by atoms with Gasteiger partial charge in [-0.25, -0.2) is 0 Å². The van der Waals surface area contributed by atoms with Gasteiger partial charge in [-0.05, 0) is 18.6 Å². The minimum Gasteiger partial charge on any atom is -0.497 e. The van der Waals surface area contributed by atoms with Crippen LogP contribution in [0.25, 0.3) is 0 Å². The molecule has 0 aromatic heterocycles. The van der Waals surface area contributed by atoms with Crippen molar-refractivity contribution in [3.63, 3.8) is 0 Å². The summed E-state index contributed by atoms with van der Waals surface area (Å²) in [6.07, 6.45) is 0.563. The van der Waals surface area contributed by atoms with E-state index in [2.05, 4.69) is 0 Å². The molecule has 17 heavy (non-hydrogen) atoms. The molecule has 1 aliphatic rings. The molecule has 4 heteroatoms. The third-order valence-corrected chi connectivity index (χ3v) is 3.40. The Morgan fingerprint density at radius 2 is 2.29 bits per heavy atom. The average Bonchev–Trinajstić information content (AvgIpc) is 2.39. The van der Waals surface area contributed by atoms with E-state index < -0.39 is 5.41 Å². The van der Waals surface area contributed by atoms with Crippen molar-refractivity contribution in [1.82, 2.24) is 0 Å². The predicted molar refractivity (Wildman–Crippen MR) is 62.6 cm³/mol. The summed E-state index contributed by atoms with van der Waals surface area (Å²) < 4.78 is 10.7. The van der Waals surface area contributed by atoms with Crippen molar-refractivity contribution in [2.45, 2.75) is 13.3 Å². The Kier molecular flexibility index (Phi) is 3.07. The molecule has 0 bridgehead atoms. The van der Waals surface area contributed by atoms with Crippen LogP contribution in [0.3, 0.4) is 0 Å². The van der Waals surface area contributed by atoms with Crippen LogP contribution in [0.4, 0.5) is 0 Å². The second-order valence-corrected chi connectivity index (χ2v) is 4.27. The van der Waals surface area contributed by atoms with Crippen molar-refractivity contribution in [3.8, 4) is 11.5 Å². The van der Waals surface area contributed by atoms with Gasteiger partial charge in [0.1, 0.15) is 18.1 Å². The first-order chi connectivity index (χ1) is 8.16. The summed E-state index contributed by atoms with van der Waals surface area (Å²) in [5.41, 5.74) is -0.269. The molecule has 0 spiro atoms. The number of hydrogen-bond acceptors (Lipinski definition) is 4. The van der Waals surface area contributed by atoms with E-state index in [1.807, 2.05) is 6.92 Å². The number of aliphatic hydroxyl groups is 1. The smallest absolute Gasteiger partial charge is 0.178 e. The quantitative estimate of drug-likeness (QED) is 0.867. The topological polar surface area (TPSA) is 55.8 Å². The van der Waals surface area contributed by atoms with E-state index in [0.29, 0.717) is 23.5 Å². The zero-order chi connectivity index (χ0) is 12.5. The van der Waals surface area contributed by atoms with Crippen molar-refractivity contribution < 1.29 is 19.4 Å². The third-order valence-electron chi connectivity index (χ3n) is 3.40. The molecule has 1 aliphatic heterocycles. The van der Waals surface area contributed by atoms with Crippen LogP contribution in [-0.2, 0) is 0 Å². The maximum Gasteiger partial charge on any atom is 0.178 e. The van der Waals surface area contributed by atoms with Crippen LogP contribution < -0.4 is 9.47 Å². The fourth-order valence-electron chi connectivity index (χ4n) is 2.00. The van der Waals surface area contributed by atoms with Gasteiger partial charge in [-0.2, -0.15) is 0 Å². The highest BCUT2D eigenvalue weighted by atomic mass is 16.5. The summed E-state index contributed by atoms with van der Waals surface area (Å²) in [5, 5.41) is 9.41. The Balaban J connectivity index is 2.43. The van der Waals surface area contributed by atoms with E-state index in [0.717, 1.165) is 0 Å². The summed E-state index contributed by atoms with van der Waals surface area (Å²) in [7, 11) is 1.57. The number of aliphatic hydroxyl groups excluding tert-OH is 1. The first-order valence-corrected chi connectivity index (χ1v) is 5.63. The molecule has 1 aromatic rings. The largest absolute Gasteiger partial charge is 0.497 e. The van der Waals surface area contributed by atoms with Gasteiger partial charge in [-0.15, -0.1) is 0 Å². The number of benzene rings is 1. The summed E-state index contributed by atoms with van der Waals surface area (Å²) in [5.74, 6) is 1.14. The van der Waals surface area contributed by atoms with Crippen molar-refractivity contribution in [2.24, 2.45) is 5.41 Å². The van der Waals surface area contributed by atoms with Crippen LogP contribution in [0.15, 0.2) is 18.2 Å². The Morgan fingerprint density at radius 1 is 1.53 bits per heavy atom. The van der Waals surface area contributed by atoms with Crippen molar-refractivity contribution in [2.75, 3.05) is 20.3 Å². The van der Waals surface area contributed by atoms with Gasteiger partial charge in [-0.1, -0.05) is 6.92 Å². The highest BCUT2D eigenvalue weighted by Crippen LogP contribution is 2.38. The zero-order valence-electron chi connectivity index (χ0n) is 10.0. The highest BCUT2D eigenvalue weighted by molar-refractivity contribution is 6.04. The van der Waals surface area contributed by atoms with Crippen LogP contribution in [0.2, 0.25) is 0 Å². The van der Waals surface area contributed by atoms with Crippen LogP contribution in [0.5, 0.6) is 11.5 Å². The molecule has 0 saturated heterocycles. The van der Waals surface area contributed by atoms with Crippen LogP contribution in [0, 0.1) is 5.41 Å². The maximum atomic E-state index is 12.3. The number of fused-ring (bicyclic) bond motifs is 1. The molecule has 1 aromatic carbocycles. The lowest BCUT2D eigenvalue weighted by Crippen LogP contribution is -2.43. The van der Waals surface area contributed by atoms with Crippen molar-refractivity contribution in [3.05, 3.63) is 23.8 Å². The van der Waals surface area contributed by atoms with E-state index in [1.54, 1.807) is 25.3 Å². The normalized spacial score (nSPS) is 22.9. The molecule has 0 radical (unpaired) electrons. The molecule has 4 nitrogen and oxygen atoms in total. The van der Waals surface area contributed by atoms with Crippen LogP contribution in [-0.4, -0.2) is 31.2 Å². The molecule has 0 aliphatic carbocycles. The molecule has 0 fully saturated rings. The standard InChI is InChI=1S/C13H16O4/c1-3-13(7-14)8-17-11-6-9(16-2)4-5-10(11)12(13)15/h4-6,14H,3,7-8H2,1-2H3/t13-/m0/s1. The number of ketones is 1. The van der Waals surface area contributed by atoms with Crippen LogP contribution in [0.1, 0.15) is 23.7 Å². The van der Waals surface area contributed by atoms with Crippen LogP contribution >= 0.6 is 0 Å². The number of methoxy groups -OCH3 is 1. The second-order valence-electron chi connectivity index (χ2n) is 4.27.